The molecule has 0 radical (unpaired) electrons. The number of hydrogen-bond donors (Lipinski definition) is 1. The molecule has 8 nitrogen and oxygen atoms in total. The SMILES string of the molecule is CCCCNC(=O)[C@@H](CC)N(Cc1cccc(C)c1)C(=O)CN(c1ccc(Cl)cc1)S(=O)(=O)c1ccc(OC)cc1. The number of amides is 2. The number of anilines is 1. The largest absolute Gasteiger partial charge is 0.497 e. The first-order chi connectivity index (χ1) is 19.6. The molecule has 0 saturated heterocycles. The second-order valence-electron chi connectivity index (χ2n) is 9.74. The summed E-state index contributed by atoms with van der Waals surface area (Å²) in [4.78, 5) is 28.8. The first kappa shape index (κ1) is 32.0. The monoisotopic (exact) mass is 599 g/mol. The van der Waals surface area contributed by atoms with Crippen molar-refractivity contribution in [1.29, 1.82) is 0 Å². The van der Waals surface area contributed by atoms with Crippen molar-refractivity contribution in [2.75, 3.05) is 24.5 Å². The van der Waals surface area contributed by atoms with Gasteiger partial charge in [0.2, 0.25) is 11.8 Å². The van der Waals surface area contributed by atoms with Crippen molar-refractivity contribution in [2.24, 2.45) is 0 Å². The number of ether oxygens (including phenoxy) is 1. The summed E-state index contributed by atoms with van der Waals surface area (Å²) in [5.74, 6) is -0.267. The zero-order valence-electron chi connectivity index (χ0n) is 24.0. The van der Waals surface area contributed by atoms with Gasteiger partial charge in [0, 0.05) is 18.1 Å². The molecular weight excluding hydrogens is 562 g/mol. The van der Waals surface area contributed by atoms with Crippen LogP contribution in [0.1, 0.15) is 44.2 Å². The fraction of sp³-hybridized carbons (Fsp3) is 0.355. The summed E-state index contributed by atoms with van der Waals surface area (Å²) in [6, 6.07) is 19.1. The summed E-state index contributed by atoms with van der Waals surface area (Å²) in [6.07, 6.45) is 2.10. The Kier molecular flexibility index (Phi) is 11.6. The molecule has 1 N–H and O–H groups in total. The molecule has 3 rings (SSSR count). The Bertz CT molecular complexity index is 1410. The molecule has 0 saturated carbocycles. The van der Waals surface area contributed by atoms with E-state index in [1.807, 2.05) is 45.0 Å². The van der Waals surface area contributed by atoms with E-state index in [4.69, 9.17) is 16.3 Å². The molecule has 0 bridgehead atoms. The van der Waals surface area contributed by atoms with Gasteiger partial charge in [0.1, 0.15) is 18.3 Å². The van der Waals surface area contributed by atoms with E-state index in [1.165, 1.54) is 24.1 Å². The van der Waals surface area contributed by atoms with Crippen molar-refractivity contribution in [3.8, 4) is 5.75 Å². The minimum absolute atomic E-state index is 0.00404. The lowest BCUT2D eigenvalue weighted by molar-refractivity contribution is -0.140. The lowest BCUT2D eigenvalue weighted by Gasteiger charge is -2.33. The molecule has 3 aromatic rings. The first-order valence-electron chi connectivity index (χ1n) is 13.7. The Morgan fingerprint density at radius 1 is 1.00 bits per heavy atom. The molecule has 0 unspecified atom stereocenters. The predicted molar refractivity (Wildman–Crippen MR) is 163 cm³/mol. The lowest BCUT2D eigenvalue weighted by atomic mass is 10.1. The van der Waals surface area contributed by atoms with Crippen molar-refractivity contribution in [3.63, 3.8) is 0 Å². The Morgan fingerprint density at radius 3 is 2.27 bits per heavy atom. The van der Waals surface area contributed by atoms with Crippen molar-refractivity contribution < 1.29 is 22.7 Å². The highest BCUT2D eigenvalue weighted by Crippen LogP contribution is 2.27. The number of carbonyl (C=O) groups is 2. The first-order valence-corrected chi connectivity index (χ1v) is 15.5. The van der Waals surface area contributed by atoms with Crippen molar-refractivity contribution >= 4 is 39.1 Å². The maximum atomic E-state index is 14.1. The summed E-state index contributed by atoms with van der Waals surface area (Å²) < 4.78 is 34.1. The van der Waals surface area contributed by atoms with Crippen LogP contribution in [-0.2, 0) is 26.2 Å². The number of unbranched alkanes of at least 4 members (excludes halogenated alkanes) is 1. The molecule has 41 heavy (non-hydrogen) atoms. The van der Waals surface area contributed by atoms with Crippen LogP contribution in [-0.4, -0.2) is 51.4 Å². The van der Waals surface area contributed by atoms with E-state index in [9.17, 15) is 18.0 Å². The van der Waals surface area contributed by atoms with Gasteiger partial charge in [-0.15, -0.1) is 0 Å². The van der Waals surface area contributed by atoms with Crippen LogP contribution < -0.4 is 14.4 Å². The van der Waals surface area contributed by atoms with E-state index >= 15 is 0 Å². The third-order valence-corrected chi connectivity index (χ3v) is 8.73. The molecule has 3 aromatic carbocycles. The summed E-state index contributed by atoms with van der Waals surface area (Å²) in [5, 5.41) is 3.36. The number of aryl methyl sites for hydroxylation is 1. The summed E-state index contributed by atoms with van der Waals surface area (Å²) in [7, 11) is -2.69. The van der Waals surface area contributed by atoms with Crippen LogP contribution in [0.15, 0.2) is 77.7 Å². The molecule has 10 heteroatoms. The van der Waals surface area contributed by atoms with Crippen LogP contribution in [0.2, 0.25) is 5.02 Å². The Hall–Kier alpha value is -3.56. The third kappa shape index (κ3) is 8.47. The third-order valence-electron chi connectivity index (χ3n) is 6.69. The molecule has 0 aliphatic rings. The van der Waals surface area contributed by atoms with Crippen molar-refractivity contribution in [1.82, 2.24) is 10.2 Å². The summed E-state index contributed by atoms with van der Waals surface area (Å²) in [6.45, 7) is 5.96. The minimum Gasteiger partial charge on any atom is -0.497 e. The number of halogens is 1. The number of rotatable bonds is 14. The van der Waals surface area contributed by atoms with Crippen LogP contribution in [0, 0.1) is 6.92 Å². The molecular formula is C31H38ClN3O5S. The van der Waals surface area contributed by atoms with Gasteiger partial charge in [0.15, 0.2) is 0 Å². The van der Waals surface area contributed by atoms with Crippen molar-refractivity contribution in [3.05, 3.63) is 88.9 Å². The molecule has 0 heterocycles. The van der Waals surface area contributed by atoms with Gasteiger partial charge in [-0.25, -0.2) is 8.42 Å². The fourth-order valence-corrected chi connectivity index (χ4v) is 5.98. The topological polar surface area (TPSA) is 96.0 Å². The summed E-state index contributed by atoms with van der Waals surface area (Å²) >= 11 is 6.09. The highest BCUT2D eigenvalue weighted by atomic mass is 35.5. The number of nitrogens with zero attached hydrogens (tertiary/aromatic N) is 2. The summed E-state index contributed by atoms with van der Waals surface area (Å²) in [5.41, 5.74) is 2.13. The average Bonchev–Trinajstić information content (AvgIpc) is 2.96. The Labute approximate surface area is 248 Å². The molecule has 1 atom stereocenters. The highest BCUT2D eigenvalue weighted by Gasteiger charge is 2.33. The zero-order valence-corrected chi connectivity index (χ0v) is 25.5. The smallest absolute Gasteiger partial charge is 0.264 e. The molecule has 0 spiro atoms. The number of methoxy groups -OCH3 is 1. The van der Waals surface area contributed by atoms with E-state index < -0.39 is 28.5 Å². The van der Waals surface area contributed by atoms with E-state index in [-0.39, 0.29) is 23.0 Å². The quantitative estimate of drug-likeness (QED) is 0.244. The van der Waals surface area contributed by atoms with E-state index in [0.29, 0.717) is 23.7 Å². The van der Waals surface area contributed by atoms with E-state index in [2.05, 4.69) is 5.32 Å². The number of sulfonamides is 1. The van der Waals surface area contributed by atoms with Crippen LogP contribution in [0.4, 0.5) is 5.69 Å². The van der Waals surface area contributed by atoms with Crippen LogP contribution in [0.25, 0.3) is 0 Å². The molecule has 0 aromatic heterocycles. The number of carbonyl (C=O) groups excluding carboxylic acids is 2. The van der Waals surface area contributed by atoms with Gasteiger partial charge in [-0.1, -0.05) is 61.7 Å². The van der Waals surface area contributed by atoms with Crippen LogP contribution in [0.5, 0.6) is 5.75 Å². The van der Waals surface area contributed by atoms with E-state index in [0.717, 1.165) is 28.3 Å². The van der Waals surface area contributed by atoms with Crippen LogP contribution >= 0.6 is 11.6 Å². The lowest BCUT2D eigenvalue weighted by Crippen LogP contribution is -2.52. The number of hydrogen-bond acceptors (Lipinski definition) is 5. The minimum atomic E-state index is -4.18. The molecule has 2 amide bonds. The Balaban J connectivity index is 2.03. The van der Waals surface area contributed by atoms with Gasteiger partial charge in [0.05, 0.1) is 17.7 Å². The van der Waals surface area contributed by atoms with Gasteiger partial charge in [-0.3, -0.25) is 13.9 Å². The fourth-order valence-electron chi connectivity index (χ4n) is 4.44. The maximum absolute atomic E-state index is 14.1. The van der Waals surface area contributed by atoms with Crippen molar-refractivity contribution in [2.45, 2.75) is 57.5 Å². The number of benzene rings is 3. The van der Waals surface area contributed by atoms with Gasteiger partial charge in [-0.05, 0) is 73.9 Å². The standard InChI is InChI=1S/C31H38ClN3O5S/c1-5-7-19-33-31(37)29(6-2)34(21-24-10-8-9-23(3)20-24)30(36)22-35(26-13-11-25(32)12-14-26)41(38,39)28-17-15-27(40-4)16-18-28/h8-18,20,29H,5-7,19,21-22H2,1-4H3,(H,33,37)/t29-/m1/s1. The second-order valence-corrected chi connectivity index (χ2v) is 12.0. The predicted octanol–water partition coefficient (Wildman–Crippen LogP) is 5.58. The van der Waals surface area contributed by atoms with Gasteiger partial charge >= 0.3 is 0 Å². The average molecular weight is 600 g/mol. The highest BCUT2D eigenvalue weighted by molar-refractivity contribution is 7.92. The maximum Gasteiger partial charge on any atom is 0.264 e. The van der Waals surface area contributed by atoms with E-state index in [1.54, 1.807) is 36.4 Å². The van der Waals surface area contributed by atoms with Gasteiger partial charge in [-0.2, -0.15) is 0 Å². The normalized spacial score (nSPS) is 11.9. The zero-order chi connectivity index (χ0) is 30.0. The molecule has 0 aliphatic heterocycles. The van der Waals surface area contributed by atoms with Crippen LogP contribution in [0.3, 0.4) is 0 Å². The second kappa shape index (κ2) is 14.9. The molecule has 0 fully saturated rings. The van der Waals surface area contributed by atoms with Gasteiger partial charge in [0.25, 0.3) is 10.0 Å². The molecule has 220 valence electrons. The van der Waals surface area contributed by atoms with Gasteiger partial charge < -0.3 is 15.0 Å². The number of nitrogens with one attached hydrogen (secondary N) is 1. The Morgan fingerprint density at radius 2 is 1.68 bits per heavy atom. The molecule has 0 aliphatic carbocycles.